The highest BCUT2D eigenvalue weighted by molar-refractivity contribution is 5.71. The van der Waals surface area contributed by atoms with Crippen LogP contribution in [0, 0.1) is 23.2 Å². The lowest BCUT2D eigenvalue weighted by Crippen LogP contribution is -2.04. The minimum Gasteiger partial charge on any atom is -0.489 e. The van der Waals surface area contributed by atoms with E-state index in [1.165, 1.54) is 0 Å². The SMILES string of the molecule is CC#C[C@H](CC(=O)O)c1ccc(OCc2ccc(-c3ccccc3)c(C#N)c2)cc1. The second-order valence-electron chi connectivity index (χ2n) is 6.76. The van der Waals surface area contributed by atoms with Gasteiger partial charge >= 0.3 is 5.97 Å². The standard InChI is InChI=1S/C26H21NO3/c1-2-6-22(16-26(28)29)20-10-12-24(13-11-20)30-18-19-9-14-25(23(15-19)17-27)21-7-4-3-5-8-21/h3-5,7-15,22H,16,18H2,1H3,(H,28,29)/t22-/m1/s1. The number of hydrogen-bond donors (Lipinski definition) is 1. The van der Waals surface area contributed by atoms with Crippen molar-refractivity contribution < 1.29 is 14.6 Å². The summed E-state index contributed by atoms with van der Waals surface area (Å²) < 4.78 is 5.85. The molecule has 0 aliphatic heterocycles. The van der Waals surface area contributed by atoms with Gasteiger partial charge in [0, 0.05) is 0 Å². The quantitative estimate of drug-likeness (QED) is 0.545. The van der Waals surface area contributed by atoms with E-state index < -0.39 is 5.97 Å². The molecule has 148 valence electrons. The predicted molar refractivity (Wildman–Crippen MR) is 116 cm³/mol. The zero-order valence-corrected chi connectivity index (χ0v) is 16.6. The van der Waals surface area contributed by atoms with Gasteiger partial charge in [-0.1, -0.05) is 60.5 Å². The summed E-state index contributed by atoms with van der Waals surface area (Å²) in [5.41, 5.74) is 4.25. The number of hydrogen-bond acceptors (Lipinski definition) is 3. The van der Waals surface area contributed by atoms with Crippen LogP contribution in [-0.4, -0.2) is 11.1 Å². The molecular formula is C26H21NO3. The number of ether oxygens (including phenoxy) is 1. The molecule has 0 heterocycles. The lowest BCUT2D eigenvalue weighted by Gasteiger charge is -2.12. The molecule has 0 fully saturated rings. The van der Waals surface area contributed by atoms with E-state index in [1.54, 1.807) is 6.92 Å². The lowest BCUT2D eigenvalue weighted by atomic mass is 9.96. The van der Waals surface area contributed by atoms with Crippen molar-refractivity contribution in [3.05, 3.63) is 89.5 Å². The Kier molecular flexibility index (Phi) is 6.87. The average Bonchev–Trinajstić information content (AvgIpc) is 2.78. The molecule has 0 saturated heterocycles. The van der Waals surface area contributed by atoms with Crippen LogP contribution in [0.25, 0.3) is 11.1 Å². The van der Waals surface area contributed by atoms with E-state index in [2.05, 4.69) is 17.9 Å². The molecule has 0 aromatic heterocycles. The number of rotatable bonds is 7. The van der Waals surface area contributed by atoms with Gasteiger partial charge in [0.2, 0.25) is 0 Å². The van der Waals surface area contributed by atoms with Gasteiger partial charge in [-0.3, -0.25) is 4.79 Å². The van der Waals surface area contributed by atoms with Gasteiger partial charge in [-0.05, 0) is 47.4 Å². The third-order valence-electron chi connectivity index (χ3n) is 4.67. The van der Waals surface area contributed by atoms with Crippen LogP contribution in [0.1, 0.15) is 36.0 Å². The van der Waals surface area contributed by atoms with Crippen molar-refractivity contribution in [2.45, 2.75) is 25.9 Å². The number of nitriles is 1. The van der Waals surface area contributed by atoms with Gasteiger partial charge in [0.25, 0.3) is 0 Å². The minimum absolute atomic E-state index is 0.0360. The van der Waals surface area contributed by atoms with Gasteiger partial charge in [-0.2, -0.15) is 5.26 Å². The summed E-state index contributed by atoms with van der Waals surface area (Å²) in [6, 6.07) is 25.1. The van der Waals surface area contributed by atoms with E-state index in [-0.39, 0.29) is 12.3 Å². The molecule has 0 amide bonds. The summed E-state index contributed by atoms with van der Waals surface area (Å²) in [4.78, 5) is 11.0. The summed E-state index contributed by atoms with van der Waals surface area (Å²) in [7, 11) is 0. The molecule has 0 unspecified atom stereocenters. The number of benzene rings is 3. The number of carboxylic acid groups (broad SMARTS) is 1. The van der Waals surface area contributed by atoms with E-state index in [1.807, 2.05) is 72.8 Å². The topological polar surface area (TPSA) is 70.3 Å². The highest BCUT2D eigenvalue weighted by Crippen LogP contribution is 2.26. The number of carboxylic acids is 1. The third kappa shape index (κ3) is 5.28. The third-order valence-corrected chi connectivity index (χ3v) is 4.67. The fourth-order valence-corrected chi connectivity index (χ4v) is 3.21. The Hall–Kier alpha value is -4.02. The Morgan fingerprint density at radius 2 is 1.80 bits per heavy atom. The summed E-state index contributed by atoms with van der Waals surface area (Å²) in [5, 5.41) is 18.6. The highest BCUT2D eigenvalue weighted by Gasteiger charge is 2.13. The Bertz CT molecular complexity index is 1120. The Balaban J connectivity index is 1.70. The maximum Gasteiger partial charge on any atom is 0.304 e. The fraction of sp³-hybridized carbons (Fsp3) is 0.154. The van der Waals surface area contributed by atoms with E-state index in [0.717, 1.165) is 22.3 Å². The Labute approximate surface area is 176 Å². The van der Waals surface area contributed by atoms with E-state index in [0.29, 0.717) is 17.9 Å². The van der Waals surface area contributed by atoms with E-state index in [9.17, 15) is 10.1 Å². The van der Waals surface area contributed by atoms with Gasteiger partial charge in [0.15, 0.2) is 0 Å². The summed E-state index contributed by atoms with van der Waals surface area (Å²) in [6.45, 7) is 2.03. The molecule has 0 spiro atoms. The molecule has 4 nitrogen and oxygen atoms in total. The Morgan fingerprint density at radius 1 is 1.07 bits per heavy atom. The fourth-order valence-electron chi connectivity index (χ4n) is 3.21. The second-order valence-corrected chi connectivity index (χ2v) is 6.76. The molecule has 1 atom stereocenters. The Morgan fingerprint density at radius 3 is 2.43 bits per heavy atom. The molecular weight excluding hydrogens is 374 g/mol. The van der Waals surface area contributed by atoms with E-state index in [4.69, 9.17) is 9.84 Å². The van der Waals surface area contributed by atoms with Crippen molar-refractivity contribution in [1.82, 2.24) is 0 Å². The molecule has 0 aliphatic rings. The average molecular weight is 395 g/mol. The van der Waals surface area contributed by atoms with Crippen molar-refractivity contribution in [2.75, 3.05) is 0 Å². The first-order chi connectivity index (χ1) is 14.6. The summed E-state index contributed by atoms with van der Waals surface area (Å²) >= 11 is 0. The first kappa shape index (κ1) is 20.7. The van der Waals surface area contributed by atoms with Crippen LogP contribution in [0.15, 0.2) is 72.8 Å². The van der Waals surface area contributed by atoms with Crippen LogP contribution in [0.3, 0.4) is 0 Å². The van der Waals surface area contributed by atoms with Crippen molar-refractivity contribution in [2.24, 2.45) is 0 Å². The monoisotopic (exact) mass is 395 g/mol. The van der Waals surface area contributed by atoms with Gasteiger partial charge in [0.1, 0.15) is 12.4 Å². The van der Waals surface area contributed by atoms with Crippen LogP contribution in [0.4, 0.5) is 0 Å². The maximum atomic E-state index is 11.0. The molecule has 30 heavy (non-hydrogen) atoms. The number of nitrogens with zero attached hydrogens (tertiary/aromatic N) is 1. The van der Waals surface area contributed by atoms with Gasteiger partial charge in [0.05, 0.1) is 24.0 Å². The predicted octanol–water partition coefficient (Wildman–Crippen LogP) is 5.39. The van der Waals surface area contributed by atoms with Crippen molar-refractivity contribution in [1.29, 1.82) is 5.26 Å². The molecule has 3 aromatic carbocycles. The smallest absolute Gasteiger partial charge is 0.304 e. The van der Waals surface area contributed by atoms with Crippen LogP contribution >= 0.6 is 0 Å². The molecule has 0 radical (unpaired) electrons. The normalized spacial score (nSPS) is 10.9. The maximum absolute atomic E-state index is 11.0. The summed E-state index contributed by atoms with van der Waals surface area (Å²) in [6.07, 6.45) is -0.0360. The zero-order chi connectivity index (χ0) is 21.3. The molecule has 4 heteroatoms. The second kappa shape index (κ2) is 9.96. The first-order valence-electron chi connectivity index (χ1n) is 9.56. The highest BCUT2D eigenvalue weighted by atomic mass is 16.5. The largest absolute Gasteiger partial charge is 0.489 e. The van der Waals surface area contributed by atoms with Crippen LogP contribution in [-0.2, 0) is 11.4 Å². The van der Waals surface area contributed by atoms with E-state index >= 15 is 0 Å². The number of aliphatic carboxylic acids is 1. The van der Waals surface area contributed by atoms with Crippen LogP contribution < -0.4 is 4.74 Å². The summed E-state index contributed by atoms with van der Waals surface area (Å²) in [5.74, 6) is 5.17. The minimum atomic E-state index is -0.879. The van der Waals surface area contributed by atoms with Crippen molar-refractivity contribution >= 4 is 5.97 Å². The van der Waals surface area contributed by atoms with Gasteiger partial charge in [-0.15, -0.1) is 5.92 Å². The number of carbonyl (C=O) groups is 1. The van der Waals surface area contributed by atoms with Gasteiger partial charge < -0.3 is 9.84 Å². The molecule has 0 aliphatic carbocycles. The molecule has 3 rings (SSSR count). The molecule has 0 bridgehead atoms. The van der Waals surface area contributed by atoms with Crippen LogP contribution in [0.2, 0.25) is 0 Å². The lowest BCUT2D eigenvalue weighted by molar-refractivity contribution is -0.137. The molecule has 1 N–H and O–H groups in total. The first-order valence-corrected chi connectivity index (χ1v) is 9.56. The van der Waals surface area contributed by atoms with Crippen LogP contribution in [0.5, 0.6) is 5.75 Å². The van der Waals surface area contributed by atoms with Crippen molar-refractivity contribution in [3.63, 3.8) is 0 Å². The zero-order valence-electron chi connectivity index (χ0n) is 16.6. The molecule has 0 saturated carbocycles. The van der Waals surface area contributed by atoms with Crippen molar-refractivity contribution in [3.8, 4) is 34.8 Å². The van der Waals surface area contributed by atoms with Gasteiger partial charge in [-0.25, -0.2) is 0 Å². The molecule has 3 aromatic rings.